The zero-order valence-corrected chi connectivity index (χ0v) is 20.5. The normalized spacial score (nSPS) is 15.2. The number of hydrogen-bond acceptors (Lipinski definition) is 7. The van der Waals surface area contributed by atoms with E-state index in [1.165, 1.54) is 28.1 Å². The highest BCUT2D eigenvalue weighted by Crippen LogP contribution is 2.23. The molecule has 1 fully saturated rings. The number of hydrogen-bond donors (Lipinski definition) is 0. The van der Waals surface area contributed by atoms with Gasteiger partial charge >= 0.3 is 11.7 Å². The van der Waals surface area contributed by atoms with Crippen LogP contribution in [0.5, 0.6) is 0 Å². The molecular formula is C23H28ClN3O6S. The second-order valence-corrected chi connectivity index (χ2v) is 9.91. The number of halogens is 1. The Labute approximate surface area is 204 Å². The molecule has 0 amide bonds. The van der Waals surface area contributed by atoms with Crippen LogP contribution in [-0.4, -0.2) is 60.9 Å². The van der Waals surface area contributed by atoms with Gasteiger partial charge < -0.3 is 9.15 Å². The van der Waals surface area contributed by atoms with Crippen molar-refractivity contribution in [2.45, 2.75) is 31.3 Å². The predicted molar refractivity (Wildman–Crippen MR) is 129 cm³/mol. The van der Waals surface area contributed by atoms with E-state index in [1.807, 2.05) is 25.1 Å². The van der Waals surface area contributed by atoms with Crippen molar-refractivity contribution in [3.63, 3.8) is 0 Å². The zero-order valence-electron chi connectivity index (χ0n) is 18.9. The molecule has 0 N–H and O–H groups in total. The summed E-state index contributed by atoms with van der Waals surface area (Å²) in [5.41, 5.74) is 1.66. The number of nitrogens with zero attached hydrogens (tertiary/aromatic N) is 3. The van der Waals surface area contributed by atoms with Crippen molar-refractivity contribution < 1.29 is 22.4 Å². The summed E-state index contributed by atoms with van der Waals surface area (Å²) in [4.78, 5) is 26.4. The van der Waals surface area contributed by atoms with Crippen molar-refractivity contribution in [3.05, 3.63) is 64.6 Å². The van der Waals surface area contributed by atoms with Crippen molar-refractivity contribution in [1.29, 1.82) is 0 Å². The van der Waals surface area contributed by atoms with Gasteiger partial charge in [-0.15, -0.1) is 12.4 Å². The van der Waals surface area contributed by atoms with Crippen molar-refractivity contribution in [3.8, 4) is 0 Å². The molecule has 9 nitrogen and oxygen atoms in total. The average Bonchev–Trinajstić information content (AvgIpc) is 3.13. The van der Waals surface area contributed by atoms with E-state index in [4.69, 9.17) is 9.15 Å². The van der Waals surface area contributed by atoms with Gasteiger partial charge in [0.05, 0.1) is 17.0 Å². The Bertz CT molecular complexity index is 1280. The molecule has 2 aromatic carbocycles. The molecule has 0 aliphatic carbocycles. The summed E-state index contributed by atoms with van der Waals surface area (Å²) in [6.45, 7) is 4.63. The van der Waals surface area contributed by atoms with Gasteiger partial charge in [0.15, 0.2) is 5.58 Å². The molecule has 11 heteroatoms. The number of carbonyl (C=O) groups is 1. The number of carbonyl (C=O) groups excluding carboxylic acids is 1. The topological polar surface area (TPSA) is 102 Å². The molecule has 1 aromatic heterocycles. The summed E-state index contributed by atoms with van der Waals surface area (Å²) >= 11 is 0. The standard InChI is InChI=1S/C23H27N3O6S.ClH/c1-2-14-31-22(27)17-26-20-9-8-19(15-21(20)32-23(26)28)33(29,30)25-12-10-24(11-13-25)16-18-6-4-3-5-7-18;/h3-9,15H,2,10-14,16-17H2,1H3;1H. The van der Waals surface area contributed by atoms with Crippen molar-refractivity contribution in [2.24, 2.45) is 0 Å². The number of oxazole rings is 1. The molecule has 0 atom stereocenters. The Balaban J connectivity index is 0.00000324. The van der Waals surface area contributed by atoms with E-state index in [0.29, 0.717) is 38.1 Å². The average molecular weight is 510 g/mol. The molecule has 0 radical (unpaired) electrons. The minimum absolute atomic E-state index is 0. The molecule has 2 heterocycles. The van der Waals surface area contributed by atoms with Gasteiger partial charge in [-0.2, -0.15) is 4.31 Å². The summed E-state index contributed by atoms with van der Waals surface area (Å²) in [6.07, 6.45) is 0.675. The van der Waals surface area contributed by atoms with Crippen molar-refractivity contribution >= 4 is 39.5 Å². The molecule has 0 spiro atoms. The minimum atomic E-state index is -3.74. The van der Waals surface area contributed by atoms with Gasteiger partial charge in [0.25, 0.3) is 0 Å². The van der Waals surface area contributed by atoms with Gasteiger partial charge in [0, 0.05) is 38.8 Å². The zero-order chi connectivity index (χ0) is 23.4. The molecule has 34 heavy (non-hydrogen) atoms. The number of fused-ring (bicyclic) bond motifs is 1. The number of rotatable bonds is 8. The largest absolute Gasteiger partial charge is 0.464 e. The third-order valence-electron chi connectivity index (χ3n) is 5.61. The Morgan fingerprint density at radius 2 is 1.76 bits per heavy atom. The number of esters is 1. The minimum Gasteiger partial charge on any atom is -0.464 e. The van der Waals surface area contributed by atoms with Crippen LogP contribution in [0.3, 0.4) is 0 Å². The first-order valence-electron chi connectivity index (χ1n) is 10.9. The van der Waals surface area contributed by atoms with Gasteiger partial charge in [-0.3, -0.25) is 14.3 Å². The molecule has 0 bridgehead atoms. The highest BCUT2D eigenvalue weighted by atomic mass is 35.5. The first-order chi connectivity index (χ1) is 15.9. The fourth-order valence-corrected chi connectivity index (χ4v) is 5.30. The Morgan fingerprint density at radius 3 is 2.44 bits per heavy atom. The van der Waals surface area contributed by atoms with Gasteiger partial charge in [-0.1, -0.05) is 37.3 Å². The fraction of sp³-hybridized carbons (Fsp3) is 0.391. The van der Waals surface area contributed by atoms with Gasteiger partial charge in [-0.05, 0) is 24.1 Å². The Hall–Kier alpha value is -2.66. The summed E-state index contributed by atoms with van der Waals surface area (Å²) in [7, 11) is -3.74. The molecule has 1 aliphatic heterocycles. The summed E-state index contributed by atoms with van der Waals surface area (Å²) in [5.74, 6) is -1.28. The van der Waals surface area contributed by atoms with Crippen LogP contribution in [0.1, 0.15) is 18.9 Å². The third-order valence-corrected chi connectivity index (χ3v) is 7.51. The van der Waals surface area contributed by atoms with Crippen molar-refractivity contribution in [1.82, 2.24) is 13.8 Å². The maximum Gasteiger partial charge on any atom is 0.420 e. The molecule has 4 rings (SSSR count). The van der Waals surface area contributed by atoms with Crippen LogP contribution < -0.4 is 5.76 Å². The Kier molecular flexibility index (Phi) is 8.53. The van der Waals surface area contributed by atoms with Gasteiger partial charge in [-0.25, -0.2) is 13.2 Å². The highest BCUT2D eigenvalue weighted by molar-refractivity contribution is 7.89. The molecule has 0 unspecified atom stereocenters. The predicted octanol–water partition coefficient (Wildman–Crippen LogP) is 2.48. The van der Waals surface area contributed by atoms with Crippen LogP contribution in [0, 0.1) is 0 Å². The van der Waals surface area contributed by atoms with Gasteiger partial charge in [0.1, 0.15) is 6.54 Å². The quantitative estimate of drug-likeness (QED) is 0.430. The van der Waals surface area contributed by atoms with Crippen LogP contribution in [-0.2, 0) is 32.6 Å². The number of benzene rings is 2. The lowest BCUT2D eigenvalue weighted by Crippen LogP contribution is -2.48. The second-order valence-electron chi connectivity index (χ2n) is 7.97. The van der Waals surface area contributed by atoms with Crippen LogP contribution >= 0.6 is 12.4 Å². The molecule has 1 aliphatic rings. The number of sulfonamides is 1. The second kappa shape index (κ2) is 11.2. The first kappa shape index (κ1) is 26.0. The molecule has 0 saturated carbocycles. The molecule has 1 saturated heterocycles. The molecular weight excluding hydrogens is 482 g/mol. The maximum absolute atomic E-state index is 13.2. The number of piperazine rings is 1. The van der Waals surface area contributed by atoms with E-state index in [9.17, 15) is 18.0 Å². The SMILES string of the molecule is CCCOC(=O)Cn1c(=O)oc2cc(S(=O)(=O)N3CCN(Cc4ccccc4)CC3)ccc21.Cl. The number of aromatic nitrogens is 1. The van der Waals surface area contributed by atoms with Gasteiger partial charge in [0.2, 0.25) is 10.0 Å². The van der Waals surface area contributed by atoms with Crippen molar-refractivity contribution in [2.75, 3.05) is 32.8 Å². The summed E-state index contributed by atoms with van der Waals surface area (Å²) < 4.78 is 39.2. The van der Waals surface area contributed by atoms with Crippen LogP contribution in [0.2, 0.25) is 0 Å². The monoisotopic (exact) mass is 509 g/mol. The van der Waals surface area contributed by atoms with Crippen LogP contribution in [0.4, 0.5) is 0 Å². The lowest BCUT2D eigenvalue weighted by atomic mass is 10.2. The van der Waals surface area contributed by atoms with E-state index < -0.39 is 21.7 Å². The Morgan fingerprint density at radius 1 is 1.06 bits per heavy atom. The molecule has 3 aromatic rings. The maximum atomic E-state index is 13.2. The van der Waals surface area contributed by atoms with E-state index >= 15 is 0 Å². The van der Waals surface area contributed by atoms with E-state index in [2.05, 4.69) is 17.0 Å². The van der Waals surface area contributed by atoms with E-state index in [0.717, 1.165) is 11.1 Å². The number of ether oxygens (including phenoxy) is 1. The third kappa shape index (κ3) is 5.69. The summed E-state index contributed by atoms with van der Waals surface area (Å²) in [6, 6.07) is 14.3. The highest BCUT2D eigenvalue weighted by Gasteiger charge is 2.29. The smallest absolute Gasteiger partial charge is 0.420 e. The van der Waals surface area contributed by atoms with Crippen LogP contribution in [0.25, 0.3) is 11.1 Å². The fourth-order valence-electron chi connectivity index (χ4n) is 3.87. The summed E-state index contributed by atoms with van der Waals surface area (Å²) in [5, 5.41) is 0. The lowest BCUT2D eigenvalue weighted by molar-refractivity contribution is -0.144. The first-order valence-corrected chi connectivity index (χ1v) is 12.4. The lowest BCUT2D eigenvalue weighted by Gasteiger charge is -2.34. The van der Waals surface area contributed by atoms with Crippen LogP contribution in [0.15, 0.2) is 62.6 Å². The molecule has 184 valence electrons. The van der Waals surface area contributed by atoms with E-state index in [-0.39, 0.29) is 36.0 Å². The van der Waals surface area contributed by atoms with E-state index in [1.54, 1.807) is 0 Å².